The molecule has 0 atom stereocenters. The van der Waals surface area contributed by atoms with Crippen molar-refractivity contribution in [2.45, 2.75) is 51.4 Å². The van der Waals surface area contributed by atoms with Crippen LogP contribution in [0, 0.1) is 0 Å². The monoisotopic (exact) mass is 545 g/mol. The average Bonchev–Trinajstić information content (AvgIpc) is 3.07. The number of pyridine rings is 1. The van der Waals surface area contributed by atoms with Gasteiger partial charge in [-0.25, -0.2) is 15.0 Å². The normalized spacial score (nSPS) is 15.1. The van der Waals surface area contributed by atoms with Gasteiger partial charge in [0.2, 0.25) is 0 Å². The molecule has 0 amide bonds. The van der Waals surface area contributed by atoms with E-state index < -0.39 is 0 Å². The molecule has 1 heterocycles. The van der Waals surface area contributed by atoms with E-state index in [0.29, 0.717) is 0 Å². The van der Waals surface area contributed by atoms with E-state index in [4.69, 9.17) is 15.0 Å². The van der Waals surface area contributed by atoms with E-state index in [1.807, 2.05) is 0 Å². The molecule has 0 fully saturated rings. The molecule has 0 N–H and O–H groups in total. The Morgan fingerprint density at radius 2 is 0.857 bits per heavy atom. The predicted molar refractivity (Wildman–Crippen MR) is 174 cm³/mol. The number of hydrogen-bond donors (Lipinski definition) is 0. The SMILES string of the molecule is c1ccc(C(=Nc2cccc3c2CCCC3)c2cccc(C(=Nc3cccc4c3CCCC4)c3ccccc3)n2)cc1. The van der Waals surface area contributed by atoms with Crippen molar-refractivity contribution < 1.29 is 0 Å². The first-order valence-corrected chi connectivity index (χ1v) is 15.3. The molecule has 5 aromatic rings. The van der Waals surface area contributed by atoms with Gasteiger partial charge in [0.1, 0.15) is 0 Å². The molecule has 42 heavy (non-hydrogen) atoms. The first-order valence-electron chi connectivity index (χ1n) is 15.3. The van der Waals surface area contributed by atoms with Crippen molar-refractivity contribution in [2.75, 3.05) is 0 Å². The molecule has 2 aliphatic rings. The highest BCUT2D eigenvalue weighted by molar-refractivity contribution is 6.16. The summed E-state index contributed by atoms with van der Waals surface area (Å²) in [5.74, 6) is 0. The maximum Gasteiger partial charge on any atom is 0.0966 e. The minimum Gasteiger partial charge on any atom is -0.246 e. The lowest BCUT2D eigenvalue weighted by molar-refractivity contribution is 0.686. The Morgan fingerprint density at radius 1 is 0.429 bits per heavy atom. The van der Waals surface area contributed by atoms with Crippen LogP contribution in [0.4, 0.5) is 11.4 Å². The number of benzene rings is 4. The third-order valence-corrected chi connectivity index (χ3v) is 8.54. The Kier molecular flexibility index (Phi) is 7.56. The Balaban J connectivity index is 1.38. The zero-order valence-electron chi connectivity index (χ0n) is 24.0. The molecule has 0 saturated carbocycles. The second-order valence-corrected chi connectivity index (χ2v) is 11.3. The maximum atomic E-state index is 5.34. The summed E-state index contributed by atoms with van der Waals surface area (Å²) in [6.45, 7) is 0. The van der Waals surface area contributed by atoms with Crippen molar-refractivity contribution in [3.05, 3.63) is 160 Å². The van der Waals surface area contributed by atoms with Crippen molar-refractivity contribution in [3.63, 3.8) is 0 Å². The van der Waals surface area contributed by atoms with Crippen molar-refractivity contribution in [3.8, 4) is 0 Å². The van der Waals surface area contributed by atoms with E-state index in [1.165, 1.54) is 47.9 Å². The van der Waals surface area contributed by atoms with Gasteiger partial charge < -0.3 is 0 Å². The highest BCUT2D eigenvalue weighted by Crippen LogP contribution is 2.32. The molecule has 2 aliphatic carbocycles. The smallest absolute Gasteiger partial charge is 0.0966 e. The standard InChI is InChI=1S/C39H35N3/c1-3-16-30(17-4-1)38(41-34-24-11-20-28-14-7-9-22-32(28)34)36-26-13-27-37(40-36)39(31-18-5-2-6-19-31)42-35-25-12-21-29-15-8-10-23-33(29)35/h1-6,11-13,16-21,24-27H,7-10,14-15,22-23H2. The summed E-state index contributed by atoms with van der Waals surface area (Å²) >= 11 is 0. The largest absolute Gasteiger partial charge is 0.246 e. The zero-order chi connectivity index (χ0) is 28.1. The van der Waals surface area contributed by atoms with Crippen LogP contribution in [-0.2, 0) is 25.7 Å². The van der Waals surface area contributed by atoms with Gasteiger partial charge in [0.25, 0.3) is 0 Å². The molecule has 0 saturated heterocycles. The molecule has 1 aromatic heterocycles. The van der Waals surface area contributed by atoms with E-state index >= 15 is 0 Å². The summed E-state index contributed by atoms with van der Waals surface area (Å²) in [5.41, 5.74) is 13.4. The number of aliphatic imine (C=N–C) groups is 2. The van der Waals surface area contributed by atoms with Crippen LogP contribution in [0.25, 0.3) is 0 Å². The Bertz CT molecular complexity index is 1640. The van der Waals surface area contributed by atoms with E-state index in [-0.39, 0.29) is 0 Å². The fourth-order valence-corrected chi connectivity index (χ4v) is 6.40. The van der Waals surface area contributed by atoms with E-state index in [9.17, 15) is 0 Å². The molecular formula is C39H35N3. The molecule has 206 valence electrons. The molecule has 3 nitrogen and oxygen atoms in total. The fourth-order valence-electron chi connectivity index (χ4n) is 6.40. The molecule has 0 radical (unpaired) electrons. The van der Waals surface area contributed by atoms with Crippen LogP contribution in [0.2, 0.25) is 0 Å². The molecule has 7 rings (SSSR count). The van der Waals surface area contributed by atoms with Crippen LogP contribution < -0.4 is 0 Å². The fraction of sp³-hybridized carbons (Fsp3) is 0.205. The molecule has 0 bridgehead atoms. The first-order chi connectivity index (χ1) is 20.8. The Morgan fingerprint density at radius 3 is 1.33 bits per heavy atom. The molecular weight excluding hydrogens is 510 g/mol. The number of fused-ring (bicyclic) bond motifs is 2. The highest BCUT2D eigenvalue weighted by atomic mass is 14.8. The summed E-state index contributed by atoms with van der Waals surface area (Å²) in [5, 5.41) is 0. The summed E-state index contributed by atoms with van der Waals surface area (Å²) in [7, 11) is 0. The van der Waals surface area contributed by atoms with Gasteiger partial charge in [0.15, 0.2) is 0 Å². The van der Waals surface area contributed by atoms with Gasteiger partial charge in [-0.15, -0.1) is 0 Å². The van der Waals surface area contributed by atoms with E-state index in [0.717, 1.165) is 71.0 Å². The lowest BCUT2D eigenvalue weighted by Gasteiger charge is -2.19. The molecule has 0 aliphatic heterocycles. The Hall–Kier alpha value is -4.63. The average molecular weight is 546 g/mol. The number of hydrogen-bond acceptors (Lipinski definition) is 3. The lowest BCUT2D eigenvalue weighted by atomic mass is 9.90. The summed E-state index contributed by atoms with van der Waals surface area (Å²) < 4.78 is 0. The van der Waals surface area contributed by atoms with Gasteiger partial charge in [-0.2, -0.15) is 0 Å². The highest BCUT2D eigenvalue weighted by Gasteiger charge is 2.18. The minimum atomic E-state index is 0.853. The van der Waals surface area contributed by atoms with Crippen LogP contribution in [0.5, 0.6) is 0 Å². The van der Waals surface area contributed by atoms with E-state index in [1.54, 1.807) is 0 Å². The van der Waals surface area contributed by atoms with Crippen molar-refractivity contribution in [1.29, 1.82) is 0 Å². The van der Waals surface area contributed by atoms with Crippen LogP contribution in [0.15, 0.2) is 125 Å². The number of aromatic nitrogens is 1. The topological polar surface area (TPSA) is 37.6 Å². The third-order valence-electron chi connectivity index (χ3n) is 8.54. The molecule has 3 heteroatoms. The number of aryl methyl sites for hydroxylation is 2. The van der Waals surface area contributed by atoms with Crippen LogP contribution >= 0.6 is 0 Å². The second-order valence-electron chi connectivity index (χ2n) is 11.3. The van der Waals surface area contributed by atoms with Gasteiger partial charge in [0.05, 0.1) is 34.2 Å². The Labute approximate surface area is 248 Å². The van der Waals surface area contributed by atoms with Crippen LogP contribution in [0.1, 0.15) is 70.5 Å². The van der Waals surface area contributed by atoms with Crippen LogP contribution in [0.3, 0.4) is 0 Å². The quantitative estimate of drug-likeness (QED) is 0.196. The van der Waals surface area contributed by atoms with E-state index in [2.05, 4.69) is 115 Å². The summed E-state index contributed by atoms with van der Waals surface area (Å²) in [6.07, 6.45) is 9.36. The van der Waals surface area contributed by atoms with Crippen LogP contribution in [-0.4, -0.2) is 16.4 Å². The van der Waals surface area contributed by atoms with Gasteiger partial charge >= 0.3 is 0 Å². The molecule has 0 unspecified atom stereocenters. The maximum absolute atomic E-state index is 5.34. The minimum absolute atomic E-state index is 0.853. The van der Waals surface area contributed by atoms with Crippen molar-refractivity contribution >= 4 is 22.8 Å². The summed E-state index contributed by atoms with van der Waals surface area (Å²) in [6, 6.07) is 40.3. The number of nitrogens with zero attached hydrogens (tertiary/aromatic N) is 3. The van der Waals surface area contributed by atoms with Gasteiger partial charge in [-0.05, 0) is 97.9 Å². The zero-order valence-corrected chi connectivity index (χ0v) is 24.0. The van der Waals surface area contributed by atoms with Gasteiger partial charge in [-0.1, -0.05) is 91.0 Å². The molecule has 4 aromatic carbocycles. The van der Waals surface area contributed by atoms with Gasteiger partial charge in [0, 0.05) is 11.1 Å². The lowest BCUT2D eigenvalue weighted by Crippen LogP contribution is -2.12. The molecule has 0 spiro atoms. The summed E-state index contributed by atoms with van der Waals surface area (Å²) in [4.78, 5) is 16.0. The second kappa shape index (κ2) is 12.1. The third kappa shape index (κ3) is 5.47. The van der Waals surface area contributed by atoms with Crippen molar-refractivity contribution in [2.24, 2.45) is 9.98 Å². The number of rotatable bonds is 6. The first kappa shape index (κ1) is 26.3. The van der Waals surface area contributed by atoms with Crippen molar-refractivity contribution in [1.82, 2.24) is 4.98 Å². The van der Waals surface area contributed by atoms with Gasteiger partial charge in [-0.3, -0.25) is 0 Å². The predicted octanol–water partition coefficient (Wildman–Crippen LogP) is 9.18.